The van der Waals surface area contributed by atoms with E-state index in [1.165, 1.54) is 185 Å². The highest BCUT2D eigenvalue weighted by Gasteiger charge is 2.30. The normalized spacial score (nSPS) is 12.9. The Balaban J connectivity index is 5.46. The number of hydrogen-bond donors (Lipinski definition) is 6. The molecule has 0 saturated carbocycles. The summed E-state index contributed by atoms with van der Waals surface area (Å²) in [5.41, 5.74) is 0. The number of carboxylic acids is 1. The number of hydrogen-bond acceptors (Lipinski definition) is 11. The molecule has 15 heteroatoms. The first-order valence-corrected chi connectivity index (χ1v) is 32.0. The third-order valence-corrected chi connectivity index (χ3v) is 15.2. The molecule has 0 aliphatic heterocycles. The number of ether oxygens (including phenoxy) is 2. The lowest BCUT2D eigenvalue weighted by molar-refractivity contribution is -0.157. The average molecular weight is 1080 g/mol. The van der Waals surface area contributed by atoms with Gasteiger partial charge in [-0.3, -0.25) is 24.0 Å². The monoisotopic (exact) mass is 1080 g/mol. The van der Waals surface area contributed by atoms with Crippen LogP contribution in [0.1, 0.15) is 290 Å². The molecule has 0 aliphatic carbocycles. The number of carbonyl (C=O) groups excluding carboxylic acids is 5. The molecular weight excluding hydrogens is 971 g/mol. The molecule has 75 heavy (non-hydrogen) atoms. The summed E-state index contributed by atoms with van der Waals surface area (Å²) in [6.07, 6.45) is 45.9. The highest BCUT2D eigenvalue weighted by Crippen LogP contribution is 2.18. The Bertz CT molecular complexity index is 1390. The summed E-state index contributed by atoms with van der Waals surface area (Å²) in [4.78, 5) is 77.4. The lowest BCUT2D eigenvalue weighted by Gasteiger charge is -2.24. The van der Waals surface area contributed by atoms with Crippen molar-refractivity contribution in [2.75, 3.05) is 31.3 Å². The number of nitrogens with one attached hydrogen (secondary N) is 3. The SMILES string of the molecule is CCCCCCCCCCCCCCCC(=O)N[C@@H](CSC[C@@H](COC(=O)CCCCCCCCCCCCCCC)OC(=O)CCCCCCCCCCCCCCC)C(=O)N[C@@H](CO)C(=O)N[C@@H](CO)C(=O)O. The van der Waals surface area contributed by atoms with Crippen molar-refractivity contribution >= 4 is 47.4 Å². The maximum atomic E-state index is 13.7. The summed E-state index contributed by atoms with van der Waals surface area (Å²) in [5, 5.41) is 36.0. The van der Waals surface area contributed by atoms with Crippen molar-refractivity contribution in [1.29, 1.82) is 0 Å². The van der Waals surface area contributed by atoms with Gasteiger partial charge in [0, 0.05) is 30.8 Å². The Morgan fingerprint density at radius 2 is 0.707 bits per heavy atom. The molecule has 0 heterocycles. The average Bonchev–Trinajstić information content (AvgIpc) is 3.39. The number of aliphatic hydroxyl groups is 2. The second kappa shape index (κ2) is 54.4. The van der Waals surface area contributed by atoms with Crippen molar-refractivity contribution in [3.8, 4) is 0 Å². The molecule has 14 nitrogen and oxygen atoms in total. The van der Waals surface area contributed by atoms with Gasteiger partial charge in [0.25, 0.3) is 0 Å². The maximum absolute atomic E-state index is 13.7. The van der Waals surface area contributed by atoms with E-state index >= 15 is 0 Å². The van der Waals surface area contributed by atoms with Gasteiger partial charge < -0.3 is 40.7 Å². The molecular formula is C60H113N3O11S. The molecule has 0 spiro atoms. The van der Waals surface area contributed by atoms with Crippen LogP contribution < -0.4 is 16.0 Å². The van der Waals surface area contributed by atoms with Crippen LogP contribution in [-0.2, 0) is 38.2 Å². The molecule has 0 fully saturated rings. The van der Waals surface area contributed by atoms with E-state index in [9.17, 15) is 44.1 Å². The second-order valence-electron chi connectivity index (χ2n) is 21.3. The van der Waals surface area contributed by atoms with E-state index in [4.69, 9.17) is 9.47 Å². The number of aliphatic hydroxyl groups excluding tert-OH is 2. The second-order valence-corrected chi connectivity index (χ2v) is 22.3. The van der Waals surface area contributed by atoms with Crippen LogP contribution in [0, 0.1) is 0 Å². The van der Waals surface area contributed by atoms with Gasteiger partial charge in [0.2, 0.25) is 17.7 Å². The molecule has 0 aromatic heterocycles. The van der Waals surface area contributed by atoms with Gasteiger partial charge >= 0.3 is 17.9 Å². The number of unbranched alkanes of at least 4 members (excludes halogenated alkanes) is 36. The number of aliphatic carboxylic acids is 1. The summed E-state index contributed by atoms with van der Waals surface area (Å²) in [6, 6.07) is -4.40. The van der Waals surface area contributed by atoms with Gasteiger partial charge in [-0.25, -0.2) is 4.79 Å². The third kappa shape index (κ3) is 46.9. The van der Waals surface area contributed by atoms with Crippen LogP contribution in [0.4, 0.5) is 0 Å². The fraction of sp³-hybridized carbons (Fsp3) is 0.900. The van der Waals surface area contributed by atoms with Crippen molar-refractivity contribution in [3.05, 3.63) is 0 Å². The summed E-state index contributed by atoms with van der Waals surface area (Å²) in [5.74, 6) is -4.28. The van der Waals surface area contributed by atoms with Gasteiger partial charge in [-0.2, -0.15) is 11.8 Å². The minimum Gasteiger partial charge on any atom is -0.480 e. The van der Waals surface area contributed by atoms with Gasteiger partial charge in [-0.05, 0) is 19.3 Å². The first kappa shape index (κ1) is 72.1. The standard InChI is InChI=1S/C60H113N3O11S/c1-4-7-10-13-16-19-22-25-28-31-34-37-40-43-55(66)61-54(59(70)62-52(46-64)58(69)63-53(47-65)60(71)72)50-75-49-51(74-57(68)45-42-39-36-33-30-27-24-21-18-15-12-9-6-3)48-73-56(67)44-41-38-35-32-29-26-23-20-17-14-11-8-5-2/h51-54,64-65H,4-50H2,1-3H3,(H,61,66)(H,62,70)(H,63,69)(H,71,72)/t51-,52+,53+,54+/m1/s1. The third-order valence-electron chi connectivity index (χ3n) is 14.1. The van der Waals surface area contributed by atoms with Crippen molar-refractivity contribution in [3.63, 3.8) is 0 Å². The molecule has 0 saturated heterocycles. The van der Waals surface area contributed by atoms with Crippen LogP contribution in [0.5, 0.6) is 0 Å². The molecule has 0 rings (SSSR count). The Morgan fingerprint density at radius 1 is 0.387 bits per heavy atom. The molecule has 3 amide bonds. The van der Waals surface area contributed by atoms with E-state index in [1.54, 1.807) is 0 Å². The van der Waals surface area contributed by atoms with E-state index < -0.39 is 61.2 Å². The number of carboxylic acid groups (broad SMARTS) is 1. The van der Waals surface area contributed by atoms with Crippen LogP contribution in [0.3, 0.4) is 0 Å². The minimum atomic E-state index is -1.65. The van der Waals surface area contributed by atoms with Crippen LogP contribution in [0.15, 0.2) is 0 Å². The largest absolute Gasteiger partial charge is 0.480 e. The van der Waals surface area contributed by atoms with E-state index in [1.807, 2.05) is 0 Å². The maximum Gasteiger partial charge on any atom is 0.328 e. The zero-order valence-electron chi connectivity index (χ0n) is 48.1. The number of esters is 2. The fourth-order valence-electron chi connectivity index (χ4n) is 9.19. The molecule has 4 atom stereocenters. The van der Waals surface area contributed by atoms with Crippen LogP contribution in [-0.4, -0.2) is 107 Å². The Hall–Kier alpha value is -2.91. The highest BCUT2D eigenvalue weighted by atomic mass is 32.2. The molecule has 0 aromatic rings. The molecule has 440 valence electrons. The Kier molecular flexibility index (Phi) is 52.3. The van der Waals surface area contributed by atoms with Gasteiger partial charge in [-0.1, -0.05) is 252 Å². The smallest absolute Gasteiger partial charge is 0.328 e. The van der Waals surface area contributed by atoms with E-state index in [0.717, 1.165) is 57.8 Å². The van der Waals surface area contributed by atoms with Crippen LogP contribution >= 0.6 is 11.8 Å². The van der Waals surface area contributed by atoms with E-state index in [0.29, 0.717) is 19.3 Å². The number of thioether (sulfide) groups is 1. The summed E-state index contributed by atoms with van der Waals surface area (Å²) in [7, 11) is 0. The molecule has 6 N–H and O–H groups in total. The minimum absolute atomic E-state index is 0.00977. The van der Waals surface area contributed by atoms with E-state index in [2.05, 4.69) is 36.7 Å². The summed E-state index contributed by atoms with van der Waals surface area (Å²) < 4.78 is 11.5. The van der Waals surface area contributed by atoms with Crippen LogP contribution in [0.25, 0.3) is 0 Å². The van der Waals surface area contributed by atoms with Gasteiger partial charge in [0.1, 0.15) is 30.8 Å². The van der Waals surface area contributed by atoms with Crippen molar-refractivity contribution < 1.29 is 53.6 Å². The number of amides is 3. The van der Waals surface area contributed by atoms with Crippen molar-refractivity contribution in [1.82, 2.24) is 16.0 Å². The van der Waals surface area contributed by atoms with Gasteiger partial charge in [0.05, 0.1) is 13.2 Å². The summed E-state index contributed by atoms with van der Waals surface area (Å²) in [6.45, 7) is 4.79. The van der Waals surface area contributed by atoms with Crippen LogP contribution in [0.2, 0.25) is 0 Å². The number of carbonyl (C=O) groups is 6. The van der Waals surface area contributed by atoms with Crippen molar-refractivity contribution in [2.24, 2.45) is 0 Å². The molecule has 0 bridgehead atoms. The predicted octanol–water partition coefficient (Wildman–Crippen LogP) is 13.1. The molecule has 0 radical (unpaired) electrons. The van der Waals surface area contributed by atoms with Gasteiger partial charge in [0.15, 0.2) is 0 Å². The first-order chi connectivity index (χ1) is 36.5. The quantitative estimate of drug-likeness (QED) is 0.0248. The van der Waals surface area contributed by atoms with Gasteiger partial charge in [-0.15, -0.1) is 0 Å². The lowest BCUT2D eigenvalue weighted by atomic mass is 10.0. The zero-order valence-corrected chi connectivity index (χ0v) is 48.9. The van der Waals surface area contributed by atoms with Crippen molar-refractivity contribution in [2.45, 2.75) is 315 Å². The lowest BCUT2D eigenvalue weighted by Crippen LogP contribution is -2.58. The number of rotatable bonds is 57. The highest BCUT2D eigenvalue weighted by molar-refractivity contribution is 7.99. The zero-order chi connectivity index (χ0) is 55.3. The Morgan fingerprint density at radius 3 is 1.07 bits per heavy atom. The summed E-state index contributed by atoms with van der Waals surface area (Å²) >= 11 is 1.21. The Labute approximate surface area is 461 Å². The topological polar surface area (TPSA) is 218 Å². The predicted molar refractivity (Wildman–Crippen MR) is 307 cm³/mol. The molecule has 0 aromatic carbocycles. The molecule has 0 unspecified atom stereocenters. The van der Waals surface area contributed by atoms with E-state index in [-0.39, 0.29) is 49.3 Å². The first-order valence-electron chi connectivity index (χ1n) is 30.8. The fourth-order valence-corrected chi connectivity index (χ4v) is 10.2. The molecule has 0 aliphatic rings.